The van der Waals surface area contributed by atoms with Gasteiger partial charge in [-0.25, -0.2) is 9.98 Å². The van der Waals surface area contributed by atoms with Crippen LogP contribution >= 0.6 is 0 Å². The number of guanidine groups is 1. The average Bonchev–Trinajstić information content (AvgIpc) is 3.80. The number of pyridine rings is 1. The maximum atomic E-state index is 12.2. The second kappa shape index (κ2) is 15.1. The van der Waals surface area contributed by atoms with Crippen LogP contribution in [0.25, 0.3) is 0 Å². The van der Waals surface area contributed by atoms with Gasteiger partial charge in [-0.1, -0.05) is 25.0 Å². The first-order chi connectivity index (χ1) is 25.0. The molecule has 0 bridgehead atoms. The molecule has 1 aromatic carbocycles. The van der Waals surface area contributed by atoms with E-state index in [2.05, 4.69) is 66.9 Å². The van der Waals surface area contributed by atoms with Crippen LogP contribution in [0.1, 0.15) is 69.8 Å². The third kappa shape index (κ3) is 7.62. The normalized spacial score (nSPS) is 25.2. The molecule has 3 saturated heterocycles. The van der Waals surface area contributed by atoms with Gasteiger partial charge in [0.2, 0.25) is 17.8 Å². The Bertz CT molecular complexity index is 1650. The molecule has 2 aromatic rings. The van der Waals surface area contributed by atoms with Gasteiger partial charge in [0, 0.05) is 68.7 Å². The molecule has 1 saturated carbocycles. The lowest BCUT2D eigenvalue weighted by atomic mass is 9.90. The largest absolute Gasteiger partial charge is 0.492 e. The minimum Gasteiger partial charge on any atom is -0.492 e. The number of rotatable bonds is 9. The monoisotopic (exact) mass is 693 g/mol. The summed E-state index contributed by atoms with van der Waals surface area (Å²) in [6, 6.07) is 13.2. The lowest BCUT2D eigenvalue weighted by Gasteiger charge is -2.43. The van der Waals surface area contributed by atoms with Gasteiger partial charge in [-0.05, 0) is 88.0 Å². The number of nitrogens with one attached hydrogen (secondary N) is 3. The van der Waals surface area contributed by atoms with Crippen LogP contribution in [0.4, 0.5) is 11.5 Å². The van der Waals surface area contributed by atoms with Crippen molar-refractivity contribution in [1.29, 1.82) is 0 Å². The first kappa shape index (κ1) is 33.7. The van der Waals surface area contributed by atoms with Gasteiger partial charge in [0.15, 0.2) is 6.17 Å². The zero-order valence-corrected chi connectivity index (χ0v) is 29.7. The van der Waals surface area contributed by atoms with Crippen molar-refractivity contribution in [2.75, 3.05) is 62.6 Å². The number of ether oxygens (including phenoxy) is 1. The number of aliphatic imine (C=N–C) groups is 1. The zero-order valence-electron chi connectivity index (χ0n) is 29.7. The molecular formula is C39H51N9O3. The quantitative estimate of drug-likeness (QED) is 0.333. The molecule has 2 amide bonds. The van der Waals surface area contributed by atoms with Crippen molar-refractivity contribution in [3.05, 3.63) is 71.7 Å². The van der Waals surface area contributed by atoms with E-state index < -0.39 is 0 Å². The Morgan fingerprint density at radius 3 is 2.41 bits per heavy atom. The Morgan fingerprint density at radius 1 is 0.902 bits per heavy atom. The molecule has 6 aliphatic rings. The highest BCUT2D eigenvalue weighted by Crippen LogP contribution is 2.36. The smallest absolute Gasteiger partial charge is 0.234 e. The molecule has 2 atom stereocenters. The van der Waals surface area contributed by atoms with Crippen molar-refractivity contribution >= 4 is 29.3 Å². The molecule has 6 heterocycles. The summed E-state index contributed by atoms with van der Waals surface area (Å²) in [5, 5.41) is 9.19. The fourth-order valence-corrected chi connectivity index (χ4v) is 8.77. The number of carbonyl (C=O) groups excluding carboxylic acids is 2. The molecule has 1 aliphatic carbocycles. The van der Waals surface area contributed by atoms with Crippen molar-refractivity contribution < 1.29 is 14.3 Å². The molecular weight excluding hydrogens is 642 g/mol. The number of allylic oxidation sites excluding steroid dienone is 1. The Hall–Kier alpha value is -4.42. The number of aromatic nitrogens is 1. The molecule has 8 rings (SSSR count). The van der Waals surface area contributed by atoms with E-state index in [9.17, 15) is 9.59 Å². The molecule has 270 valence electrons. The third-order valence-electron chi connectivity index (χ3n) is 11.6. The lowest BCUT2D eigenvalue weighted by molar-refractivity contribution is -0.134. The van der Waals surface area contributed by atoms with Crippen molar-refractivity contribution in [2.45, 2.75) is 82.5 Å². The highest BCUT2D eigenvalue weighted by atomic mass is 16.5. The van der Waals surface area contributed by atoms with Crippen LogP contribution in [0.3, 0.4) is 0 Å². The van der Waals surface area contributed by atoms with Gasteiger partial charge in [0.05, 0.1) is 17.8 Å². The summed E-state index contributed by atoms with van der Waals surface area (Å²) >= 11 is 0. The fourth-order valence-electron chi connectivity index (χ4n) is 8.77. The summed E-state index contributed by atoms with van der Waals surface area (Å²) in [7, 11) is 0. The van der Waals surface area contributed by atoms with E-state index in [1.54, 1.807) is 0 Å². The maximum absolute atomic E-state index is 12.2. The molecule has 3 N–H and O–H groups in total. The average molecular weight is 694 g/mol. The SMILES string of the molecule is CC1=CC2=CNC(Nc3ccc(N4CCN(C5CCN(CCOc6ccc(C7CCC(=O)NC7=O)cc6)CC5)CC4)cn3)=NC2N1C1CCCC1. The Kier molecular flexibility index (Phi) is 9.95. The highest BCUT2D eigenvalue weighted by Gasteiger charge is 2.36. The number of benzene rings is 1. The van der Waals surface area contributed by atoms with E-state index >= 15 is 0 Å². The number of hydrogen-bond acceptors (Lipinski definition) is 11. The van der Waals surface area contributed by atoms with Crippen LogP contribution in [0.2, 0.25) is 0 Å². The van der Waals surface area contributed by atoms with Gasteiger partial charge in [0.1, 0.15) is 18.2 Å². The number of piperazine rings is 1. The number of piperidine rings is 2. The second-order valence-corrected chi connectivity index (χ2v) is 14.8. The third-order valence-corrected chi connectivity index (χ3v) is 11.6. The molecule has 12 nitrogen and oxygen atoms in total. The number of fused-ring (bicyclic) bond motifs is 1. The Balaban J connectivity index is 0.744. The summed E-state index contributed by atoms with van der Waals surface area (Å²) < 4.78 is 6.04. The van der Waals surface area contributed by atoms with Crippen LogP contribution < -0.4 is 25.6 Å². The first-order valence-electron chi connectivity index (χ1n) is 19.0. The van der Waals surface area contributed by atoms with Gasteiger partial charge < -0.3 is 25.2 Å². The summed E-state index contributed by atoms with van der Waals surface area (Å²) in [6.45, 7) is 10.1. The molecule has 4 fully saturated rings. The second-order valence-electron chi connectivity index (χ2n) is 14.8. The summed E-state index contributed by atoms with van der Waals surface area (Å²) in [5.41, 5.74) is 4.65. The zero-order chi connectivity index (χ0) is 34.7. The summed E-state index contributed by atoms with van der Waals surface area (Å²) in [4.78, 5) is 43.6. The highest BCUT2D eigenvalue weighted by molar-refractivity contribution is 6.01. The van der Waals surface area contributed by atoms with Crippen molar-refractivity contribution in [2.24, 2.45) is 4.99 Å². The summed E-state index contributed by atoms with van der Waals surface area (Å²) in [5.74, 6) is 1.71. The van der Waals surface area contributed by atoms with Crippen LogP contribution in [-0.2, 0) is 9.59 Å². The first-order valence-corrected chi connectivity index (χ1v) is 19.0. The molecule has 5 aliphatic heterocycles. The molecule has 2 unspecified atom stereocenters. The van der Waals surface area contributed by atoms with Crippen molar-refractivity contribution in [3.8, 4) is 5.75 Å². The van der Waals surface area contributed by atoms with E-state index in [0.717, 1.165) is 68.9 Å². The van der Waals surface area contributed by atoms with E-state index in [-0.39, 0.29) is 23.9 Å². The molecule has 0 radical (unpaired) electrons. The lowest BCUT2D eigenvalue weighted by Crippen LogP contribution is -2.53. The van der Waals surface area contributed by atoms with Crippen molar-refractivity contribution in [3.63, 3.8) is 0 Å². The number of anilines is 2. The standard InChI is InChI=1S/C39H51N9O3/c1-27-24-29-25-41-39(44-37(29)48(27)31-4-2-3-5-31)42-35-12-8-32(26-40-35)47-20-18-46(19-21-47)30-14-16-45(17-15-30)22-23-51-33-9-6-28(7-10-33)34-11-13-36(49)43-38(34)50/h6-10,12,24-26,30-31,34,37H,2-5,11,13-23H2,1H3,(H,43,49,50)(H2,40,41,42,44). The predicted octanol–water partition coefficient (Wildman–Crippen LogP) is 4.01. The predicted molar refractivity (Wildman–Crippen MR) is 198 cm³/mol. The number of imide groups is 1. The van der Waals surface area contributed by atoms with Crippen molar-refractivity contribution in [1.82, 2.24) is 30.3 Å². The fraction of sp³-hybridized carbons (Fsp3) is 0.538. The maximum Gasteiger partial charge on any atom is 0.234 e. The van der Waals surface area contributed by atoms with Crippen LogP contribution in [0.15, 0.2) is 71.1 Å². The number of likely N-dealkylation sites (tertiary alicyclic amines) is 1. The van der Waals surface area contributed by atoms with Crippen LogP contribution in [0, 0.1) is 0 Å². The summed E-state index contributed by atoms with van der Waals surface area (Å²) in [6.07, 6.45) is 14.8. The minimum atomic E-state index is -0.263. The van der Waals surface area contributed by atoms with Crippen LogP contribution in [-0.4, -0.2) is 108 Å². The number of nitrogens with zero attached hydrogens (tertiary/aromatic N) is 6. The van der Waals surface area contributed by atoms with Gasteiger partial charge in [-0.2, -0.15) is 0 Å². The molecule has 0 spiro atoms. The Morgan fingerprint density at radius 2 is 1.69 bits per heavy atom. The number of carbonyl (C=O) groups is 2. The van der Waals surface area contributed by atoms with E-state index in [4.69, 9.17) is 14.7 Å². The minimum absolute atomic E-state index is 0.0543. The van der Waals surface area contributed by atoms with E-state index in [0.29, 0.717) is 31.5 Å². The van der Waals surface area contributed by atoms with Gasteiger partial charge >= 0.3 is 0 Å². The molecule has 12 heteroatoms. The van der Waals surface area contributed by atoms with E-state index in [1.165, 1.54) is 55.5 Å². The van der Waals surface area contributed by atoms with Crippen LogP contribution in [0.5, 0.6) is 5.75 Å². The van der Waals surface area contributed by atoms with Gasteiger partial charge in [0.25, 0.3) is 0 Å². The van der Waals surface area contributed by atoms with Gasteiger partial charge in [-0.3, -0.25) is 24.7 Å². The molecule has 1 aromatic heterocycles. The topological polar surface area (TPSA) is 118 Å². The number of amides is 2. The number of hydrogen-bond donors (Lipinski definition) is 3. The molecule has 51 heavy (non-hydrogen) atoms. The van der Waals surface area contributed by atoms with Gasteiger partial charge in [-0.15, -0.1) is 0 Å². The Labute approximate surface area is 301 Å². The van der Waals surface area contributed by atoms with E-state index in [1.807, 2.05) is 30.5 Å².